The molecule has 2 N–H and O–H groups in total. The third-order valence-corrected chi connectivity index (χ3v) is 4.10. The summed E-state index contributed by atoms with van der Waals surface area (Å²) >= 11 is 0. The van der Waals surface area contributed by atoms with Gasteiger partial charge in [-0.25, -0.2) is 9.48 Å². The zero-order chi connectivity index (χ0) is 18.8. The molecule has 0 spiro atoms. The van der Waals surface area contributed by atoms with Gasteiger partial charge in [-0.15, -0.1) is 0 Å². The van der Waals surface area contributed by atoms with E-state index in [0.717, 1.165) is 11.3 Å². The number of aromatic nitrogens is 2. The summed E-state index contributed by atoms with van der Waals surface area (Å²) in [6.45, 7) is 3.91. The lowest BCUT2D eigenvalue weighted by Crippen LogP contribution is -2.33. The first-order valence-corrected chi connectivity index (χ1v) is 7.99. The van der Waals surface area contributed by atoms with Crippen LogP contribution in [0.5, 0.6) is 0 Å². The number of benzene rings is 2. The third kappa shape index (κ3) is 3.30. The molecule has 0 aliphatic carbocycles. The molecule has 0 unspecified atom stereocenters. The van der Waals surface area contributed by atoms with Gasteiger partial charge in [0, 0.05) is 19.8 Å². The number of carbonyl (C=O) groups is 1. The second-order valence-electron chi connectivity index (χ2n) is 6.13. The van der Waals surface area contributed by atoms with E-state index in [1.807, 2.05) is 43.3 Å². The zero-order valence-electron chi connectivity index (χ0n) is 14.6. The average Bonchev–Trinajstić information content (AvgIpc) is 2.90. The van der Waals surface area contributed by atoms with Gasteiger partial charge in [0.15, 0.2) is 0 Å². The second kappa shape index (κ2) is 6.76. The molecule has 0 radical (unpaired) electrons. The Morgan fingerprint density at radius 1 is 1.12 bits per heavy atom. The van der Waals surface area contributed by atoms with Crippen molar-refractivity contribution in [3.8, 4) is 5.69 Å². The molecule has 26 heavy (non-hydrogen) atoms. The summed E-state index contributed by atoms with van der Waals surface area (Å²) in [5.74, 6) is -1.01. The highest BCUT2D eigenvalue weighted by Gasteiger charge is 2.07. The van der Waals surface area contributed by atoms with Gasteiger partial charge in [-0.05, 0) is 48.0 Å². The smallest absolute Gasteiger partial charge is 0.335 e. The minimum absolute atomic E-state index is 0.163. The number of rotatable bonds is 4. The lowest BCUT2D eigenvalue weighted by Gasteiger charge is -2.11. The second-order valence-corrected chi connectivity index (χ2v) is 6.13. The first kappa shape index (κ1) is 17.3. The molecule has 0 fully saturated rings. The summed E-state index contributed by atoms with van der Waals surface area (Å²) in [7, 11) is 3.93. The first-order chi connectivity index (χ1) is 12.4. The van der Waals surface area contributed by atoms with Crippen molar-refractivity contribution in [1.82, 2.24) is 9.78 Å². The molecule has 3 aromatic rings. The molecule has 0 aliphatic heterocycles. The van der Waals surface area contributed by atoms with Crippen molar-refractivity contribution in [3.05, 3.63) is 80.6 Å². The van der Waals surface area contributed by atoms with Crippen LogP contribution in [0.1, 0.15) is 15.9 Å². The van der Waals surface area contributed by atoms with E-state index in [9.17, 15) is 9.59 Å². The largest absolute Gasteiger partial charge is 0.478 e. The summed E-state index contributed by atoms with van der Waals surface area (Å²) in [4.78, 5) is 25.7. The highest BCUT2D eigenvalue weighted by molar-refractivity contribution is 5.87. The van der Waals surface area contributed by atoms with Crippen molar-refractivity contribution in [2.24, 2.45) is 0 Å². The number of carboxylic acid groups (broad SMARTS) is 1. The summed E-state index contributed by atoms with van der Waals surface area (Å²) in [6, 6.07) is 13.9. The predicted molar refractivity (Wildman–Crippen MR) is 102 cm³/mol. The number of H-pyrrole nitrogens is 1. The molecule has 0 bridgehead atoms. The molecule has 2 aromatic carbocycles. The maximum Gasteiger partial charge on any atom is 0.335 e. The Morgan fingerprint density at radius 2 is 1.73 bits per heavy atom. The van der Waals surface area contributed by atoms with Crippen molar-refractivity contribution in [2.75, 3.05) is 19.0 Å². The number of anilines is 1. The zero-order valence-corrected chi connectivity index (χ0v) is 14.6. The van der Waals surface area contributed by atoms with Gasteiger partial charge >= 0.3 is 5.97 Å². The number of hydrogen-bond acceptors (Lipinski definition) is 3. The summed E-state index contributed by atoms with van der Waals surface area (Å²) in [6.07, 6.45) is 1.78. The van der Waals surface area contributed by atoms with Crippen LogP contribution >= 0.6 is 0 Å². The molecule has 0 saturated heterocycles. The molecule has 1 aromatic heterocycles. The number of nitrogens with zero attached hydrogens (tertiary/aromatic N) is 2. The van der Waals surface area contributed by atoms with E-state index in [1.54, 1.807) is 18.2 Å². The molecule has 6 heteroatoms. The van der Waals surface area contributed by atoms with Gasteiger partial charge in [0.2, 0.25) is 0 Å². The summed E-state index contributed by atoms with van der Waals surface area (Å²) in [5, 5.41) is 12.9. The van der Waals surface area contributed by atoms with Gasteiger partial charge in [0.1, 0.15) is 0 Å². The van der Waals surface area contributed by atoms with Gasteiger partial charge in [-0.2, -0.15) is 0 Å². The molecule has 3 rings (SSSR count). The van der Waals surface area contributed by atoms with Crippen LogP contribution in [0, 0.1) is 0 Å². The van der Waals surface area contributed by atoms with E-state index in [2.05, 4.69) is 11.7 Å². The Kier molecular flexibility index (Phi) is 4.49. The van der Waals surface area contributed by atoms with Gasteiger partial charge in [-0.3, -0.25) is 9.89 Å². The molecule has 0 atom stereocenters. The van der Waals surface area contributed by atoms with Crippen LogP contribution in [0.15, 0.2) is 53.3 Å². The topological polar surface area (TPSA) is 78.3 Å². The monoisotopic (exact) mass is 349 g/mol. The van der Waals surface area contributed by atoms with Crippen molar-refractivity contribution >= 4 is 24.3 Å². The maximum atomic E-state index is 12.7. The standard InChI is InChI=1S/C20H19N3O3/c1-13-18(12-14-4-8-16(9-5-14)22(2)3)19(24)23(21-13)17-10-6-15(7-11-17)20(25)26/h4-12,21H,1H2,2-3H3,(H,25,26)/b18-12+. The number of aromatic carboxylic acids is 1. The van der Waals surface area contributed by atoms with Gasteiger partial charge in [-0.1, -0.05) is 18.7 Å². The molecule has 0 amide bonds. The Hall–Kier alpha value is -3.54. The van der Waals surface area contributed by atoms with Gasteiger partial charge < -0.3 is 10.0 Å². The number of carboxylic acids is 1. The van der Waals surface area contributed by atoms with Crippen LogP contribution in [-0.4, -0.2) is 35.0 Å². The van der Waals surface area contributed by atoms with Crippen molar-refractivity contribution < 1.29 is 9.90 Å². The Bertz CT molecular complexity index is 1110. The van der Waals surface area contributed by atoms with Crippen LogP contribution in [0.4, 0.5) is 5.69 Å². The van der Waals surface area contributed by atoms with Gasteiger partial charge in [0.25, 0.3) is 5.56 Å². The summed E-state index contributed by atoms with van der Waals surface area (Å²) in [5.41, 5.74) is 2.44. The van der Waals surface area contributed by atoms with E-state index in [4.69, 9.17) is 5.11 Å². The van der Waals surface area contributed by atoms with Crippen LogP contribution < -0.4 is 21.0 Å². The third-order valence-electron chi connectivity index (χ3n) is 4.10. The van der Waals surface area contributed by atoms with E-state index in [0.29, 0.717) is 16.3 Å². The van der Waals surface area contributed by atoms with Crippen LogP contribution in [0.2, 0.25) is 0 Å². The molecule has 0 aliphatic rings. The quantitative estimate of drug-likeness (QED) is 0.741. The van der Waals surface area contributed by atoms with Crippen LogP contribution in [0.25, 0.3) is 18.3 Å². The average molecular weight is 349 g/mol. The van der Waals surface area contributed by atoms with Crippen molar-refractivity contribution in [3.63, 3.8) is 0 Å². The molecule has 6 nitrogen and oxygen atoms in total. The molecule has 1 heterocycles. The van der Waals surface area contributed by atoms with Crippen molar-refractivity contribution in [1.29, 1.82) is 0 Å². The highest BCUT2D eigenvalue weighted by Crippen LogP contribution is 2.12. The molecule has 132 valence electrons. The fraction of sp³-hybridized carbons (Fsp3) is 0.100. The fourth-order valence-electron chi connectivity index (χ4n) is 2.61. The Labute approximate surface area is 149 Å². The van der Waals surface area contributed by atoms with Crippen LogP contribution in [-0.2, 0) is 0 Å². The minimum Gasteiger partial charge on any atom is -0.478 e. The predicted octanol–water partition coefficient (Wildman–Crippen LogP) is 1.17. The number of aromatic amines is 1. The van der Waals surface area contributed by atoms with Crippen molar-refractivity contribution in [2.45, 2.75) is 0 Å². The van der Waals surface area contributed by atoms with E-state index < -0.39 is 5.97 Å². The SMILES string of the molecule is C=c1[nH]n(-c2ccc(C(=O)O)cc2)c(=O)/c1=C/c1ccc(N(C)C)cc1. The Balaban J connectivity index is 2.04. The van der Waals surface area contributed by atoms with Crippen LogP contribution in [0.3, 0.4) is 0 Å². The lowest BCUT2D eigenvalue weighted by atomic mass is 10.1. The minimum atomic E-state index is -1.01. The number of nitrogens with one attached hydrogen (secondary N) is 1. The van der Waals surface area contributed by atoms with E-state index in [1.165, 1.54) is 16.8 Å². The number of hydrogen-bond donors (Lipinski definition) is 2. The molecule has 0 saturated carbocycles. The van der Waals surface area contributed by atoms with Gasteiger partial charge in [0.05, 0.1) is 21.8 Å². The first-order valence-electron chi connectivity index (χ1n) is 7.99. The Morgan fingerprint density at radius 3 is 2.27 bits per heavy atom. The summed E-state index contributed by atoms with van der Waals surface area (Å²) < 4.78 is 1.36. The highest BCUT2D eigenvalue weighted by atomic mass is 16.4. The maximum absolute atomic E-state index is 12.7. The normalized spacial score (nSPS) is 11.5. The fourth-order valence-corrected chi connectivity index (χ4v) is 2.61. The molecular weight excluding hydrogens is 330 g/mol. The lowest BCUT2D eigenvalue weighted by molar-refractivity contribution is 0.0697. The van der Waals surface area contributed by atoms with E-state index in [-0.39, 0.29) is 11.1 Å². The molecular formula is C20H19N3O3. The van der Waals surface area contributed by atoms with E-state index >= 15 is 0 Å².